The molecule has 7 nitrogen and oxygen atoms in total. The van der Waals surface area contributed by atoms with E-state index in [0.717, 1.165) is 0 Å². The number of carbonyl (C=O) groups is 1. The largest absolute Gasteiger partial charge is 0.354 e. The van der Waals surface area contributed by atoms with Gasteiger partial charge in [0.15, 0.2) is 0 Å². The third-order valence-electron chi connectivity index (χ3n) is 2.46. The quantitative estimate of drug-likeness (QED) is 0.785. The van der Waals surface area contributed by atoms with Crippen molar-refractivity contribution in [1.29, 1.82) is 0 Å². The molecule has 0 aromatic carbocycles. The Morgan fingerprint density at radius 2 is 1.68 bits per heavy atom. The number of aromatic nitrogens is 3. The number of hydrogen-bond donors (Lipinski definition) is 2. The summed E-state index contributed by atoms with van der Waals surface area (Å²) in [5.74, 6) is 0.670. The van der Waals surface area contributed by atoms with E-state index in [1.807, 2.05) is 20.8 Å². The molecule has 19 heavy (non-hydrogen) atoms. The van der Waals surface area contributed by atoms with Gasteiger partial charge in [0.05, 0.1) is 6.54 Å². The second-order valence-electron chi connectivity index (χ2n) is 3.70. The van der Waals surface area contributed by atoms with Crippen LogP contribution in [-0.4, -0.2) is 51.9 Å². The Hall–Kier alpha value is -1.63. The number of hydrogen-bond acceptors (Lipinski definition) is 6. The summed E-state index contributed by atoms with van der Waals surface area (Å²) in [6, 6.07) is 0. The number of nitrogens with one attached hydrogen (secondary N) is 2. The molecule has 106 valence electrons. The molecule has 2 N–H and O–H groups in total. The molecule has 1 rings (SSSR count). The Kier molecular flexibility index (Phi) is 6.27. The Morgan fingerprint density at radius 1 is 1.11 bits per heavy atom. The van der Waals surface area contributed by atoms with Crippen molar-refractivity contribution in [3.8, 4) is 0 Å². The minimum Gasteiger partial charge on any atom is -0.354 e. The number of halogens is 1. The first-order valence-electron chi connectivity index (χ1n) is 6.27. The van der Waals surface area contributed by atoms with Gasteiger partial charge in [-0.2, -0.15) is 15.0 Å². The molecule has 0 spiro atoms. The van der Waals surface area contributed by atoms with Crippen LogP contribution in [0.2, 0.25) is 5.28 Å². The molecule has 0 aliphatic carbocycles. The standard InChI is InChI=1S/C11H19ClN6O/c1-4-13-10-15-9(12)16-11(17-10)14-7-8(19)18(5-2)6-3/h4-7H2,1-3H3,(H2,13,14,15,16,17). The van der Waals surface area contributed by atoms with E-state index in [4.69, 9.17) is 11.6 Å². The monoisotopic (exact) mass is 286 g/mol. The van der Waals surface area contributed by atoms with Crippen molar-refractivity contribution in [3.63, 3.8) is 0 Å². The van der Waals surface area contributed by atoms with Gasteiger partial charge in [0.25, 0.3) is 0 Å². The third kappa shape index (κ3) is 4.86. The molecule has 1 amide bonds. The Labute approximate surface area is 117 Å². The maximum Gasteiger partial charge on any atom is 0.241 e. The van der Waals surface area contributed by atoms with E-state index in [1.165, 1.54) is 0 Å². The van der Waals surface area contributed by atoms with Crippen LogP contribution < -0.4 is 10.6 Å². The second kappa shape index (κ2) is 7.73. The van der Waals surface area contributed by atoms with Crippen LogP contribution in [0, 0.1) is 0 Å². The molecular formula is C11H19ClN6O. The number of nitrogens with zero attached hydrogens (tertiary/aromatic N) is 4. The van der Waals surface area contributed by atoms with Crippen LogP contribution in [0.5, 0.6) is 0 Å². The lowest BCUT2D eigenvalue weighted by Gasteiger charge is -2.18. The van der Waals surface area contributed by atoms with Gasteiger partial charge in [0, 0.05) is 19.6 Å². The molecule has 0 aliphatic heterocycles. The van der Waals surface area contributed by atoms with Crippen LogP contribution in [-0.2, 0) is 4.79 Å². The predicted octanol–water partition coefficient (Wildman–Crippen LogP) is 1.24. The van der Waals surface area contributed by atoms with Crippen LogP contribution >= 0.6 is 11.6 Å². The van der Waals surface area contributed by atoms with Crippen LogP contribution in [0.4, 0.5) is 11.9 Å². The predicted molar refractivity (Wildman–Crippen MR) is 75.4 cm³/mol. The second-order valence-corrected chi connectivity index (χ2v) is 4.04. The topological polar surface area (TPSA) is 83.0 Å². The lowest BCUT2D eigenvalue weighted by atomic mass is 10.4. The van der Waals surface area contributed by atoms with E-state index in [2.05, 4.69) is 25.6 Å². The minimum absolute atomic E-state index is 0.00784. The first-order valence-corrected chi connectivity index (χ1v) is 6.65. The van der Waals surface area contributed by atoms with Gasteiger partial charge in [-0.25, -0.2) is 0 Å². The molecule has 8 heteroatoms. The maximum atomic E-state index is 11.8. The fourth-order valence-electron chi connectivity index (χ4n) is 1.51. The Morgan fingerprint density at radius 3 is 2.21 bits per heavy atom. The molecule has 0 saturated carbocycles. The van der Waals surface area contributed by atoms with Crippen LogP contribution in [0.25, 0.3) is 0 Å². The Bertz CT molecular complexity index is 424. The number of amides is 1. The zero-order valence-corrected chi connectivity index (χ0v) is 12.2. The first kappa shape index (κ1) is 15.4. The Balaban J connectivity index is 2.64. The number of likely N-dealkylation sites (N-methyl/N-ethyl adjacent to an activating group) is 1. The maximum absolute atomic E-state index is 11.8. The fraction of sp³-hybridized carbons (Fsp3) is 0.636. The highest BCUT2D eigenvalue weighted by Crippen LogP contribution is 2.09. The van der Waals surface area contributed by atoms with E-state index in [0.29, 0.717) is 25.6 Å². The number of rotatable bonds is 7. The molecular weight excluding hydrogens is 268 g/mol. The molecule has 1 aromatic rings. The highest BCUT2D eigenvalue weighted by atomic mass is 35.5. The van der Waals surface area contributed by atoms with Crippen molar-refractivity contribution >= 4 is 29.4 Å². The van der Waals surface area contributed by atoms with E-state index in [-0.39, 0.29) is 23.7 Å². The van der Waals surface area contributed by atoms with Crippen molar-refractivity contribution in [2.75, 3.05) is 36.8 Å². The van der Waals surface area contributed by atoms with Crippen molar-refractivity contribution in [1.82, 2.24) is 19.9 Å². The minimum atomic E-state index is -0.00784. The van der Waals surface area contributed by atoms with E-state index in [9.17, 15) is 4.79 Å². The van der Waals surface area contributed by atoms with Gasteiger partial charge in [-0.05, 0) is 32.4 Å². The van der Waals surface area contributed by atoms with Crippen LogP contribution in [0.3, 0.4) is 0 Å². The van der Waals surface area contributed by atoms with Crippen molar-refractivity contribution < 1.29 is 4.79 Å². The average Bonchev–Trinajstić information content (AvgIpc) is 2.37. The molecule has 0 atom stereocenters. The van der Waals surface area contributed by atoms with Crippen LogP contribution in [0.1, 0.15) is 20.8 Å². The van der Waals surface area contributed by atoms with E-state index < -0.39 is 0 Å². The summed E-state index contributed by atoms with van der Waals surface area (Å²) < 4.78 is 0. The fourth-order valence-corrected chi connectivity index (χ4v) is 1.67. The van der Waals surface area contributed by atoms with Gasteiger partial charge in [-0.15, -0.1) is 0 Å². The molecule has 1 aromatic heterocycles. The van der Waals surface area contributed by atoms with Gasteiger partial charge in [-0.3, -0.25) is 4.79 Å². The summed E-state index contributed by atoms with van der Waals surface area (Å²) in [6.07, 6.45) is 0. The first-order chi connectivity index (χ1) is 9.10. The summed E-state index contributed by atoms with van der Waals surface area (Å²) in [7, 11) is 0. The highest BCUT2D eigenvalue weighted by molar-refractivity contribution is 6.28. The van der Waals surface area contributed by atoms with E-state index >= 15 is 0 Å². The molecule has 0 radical (unpaired) electrons. The smallest absolute Gasteiger partial charge is 0.241 e. The molecule has 0 fully saturated rings. The summed E-state index contributed by atoms with van der Waals surface area (Å²) in [5, 5.41) is 5.88. The molecule has 0 unspecified atom stereocenters. The third-order valence-corrected chi connectivity index (χ3v) is 2.63. The van der Waals surface area contributed by atoms with Gasteiger partial charge < -0.3 is 15.5 Å². The van der Waals surface area contributed by atoms with Crippen molar-refractivity contribution in [2.24, 2.45) is 0 Å². The van der Waals surface area contributed by atoms with Gasteiger partial charge in [-0.1, -0.05) is 0 Å². The molecule has 0 bridgehead atoms. The van der Waals surface area contributed by atoms with Crippen molar-refractivity contribution in [2.45, 2.75) is 20.8 Å². The summed E-state index contributed by atoms with van der Waals surface area (Å²) in [5.41, 5.74) is 0. The summed E-state index contributed by atoms with van der Waals surface area (Å²) in [6.45, 7) is 7.96. The summed E-state index contributed by atoms with van der Waals surface area (Å²) in [4.78, 5) is 25.5. The average molecular weight is 287 g/mol. The highest BCUT2D eigenvalue weighted by Gasteiger charge is 2.10. The molecule has 0 aliphatic rings. The van der Waals surface area contributed by atoms with Crippen LogP contribution in [0.15, 0.2) is 0 Å². The molecule has 1 heterocycles. The number of anilines is 2. The zero-order valence-electron chi connectivity index (χ0n) is 11.4. The van der Waals surface area contributed by atoms with Gasteiger partial charge in [0.2, 0.25) is 23.1 Å². The molecule has 0 saturated heterocycles. The van der Waals surface area contributed by atoms with Gasteiger partial charge in [0.1, 0.15) is 0 Å². The zero-order chi connectivity index (χ0) is 14.3. The SMILES string of the molecule is CCNc1nc(Cl)nc(NCC(=O)N(CC)CC)n1. The summed E-state index contributed by atoms with van der Waals surface area (Å²) >= 11 is 5.78. The normalized spacial score (nSPS) is 10.1. The van der Waals surface area contributed by atoms with Gasteiger partial charge >= 0.3 is 0 Å². The lowest BCUT2D eigenvalue weighted by Crippen LogP contribution is -2.35. The lowest BCUT2D eigenvalue weighted by molar-refractivity contribution is -0.128. The number of carbonyl (C=O) groups excluding carboxylic acids is 1. The van der Waals surface area contributed by atoms with E-state index in [1.54, 1.807) is 4.90 Å². The van der Waals surface area contributed by atoms with Crippen molar-refractivity contribution in [3.05, 3.63) is 5.28 Å².